The van der Waals surface area contributed by atoms with Gasteiger partial charge in [-0.3, -0.25) is 15.4 Å². The molecule has 80 valence electrons. The van der Waals surface area contributed by atoms with Crippen LogP contribution in [0.4, 0.5) is 8.78 Å². The van der Waals surface area contributed by atoms with Crippen molar-refractivity contribution in [2.75, 3.05) is 24.6 Å². The highest BCUT2D eigenvalue weighted by Crippen LogP contribution is 2.39. The predicted octanol–water partition coefficient (Wildman–Crippen LogP) is 0.475. The van der Waals surface area contributed by atoms with Gasteiger partial charge in [-0.15, -0.1) is 0 Å². The first kappa shape index (κ1) is 10.7. The summed E-state index contributed by atoms with van der Waals surface area (Å²) >= 11 is 1.64. The Morgan fingerprint density at radius 3 is 1.79 bits per heavy atom. The Kier molecular flexibility index (Phi) is 2.76. The van der Waals surface area contributed by atoms with Crippen LogP contribution >= 0.6 is 23.5 Å². The van der Waals surface area contributed by atoms with Crippen LogP contribution in [0.5, 0.6) is 0 Å². The monoisotopic (exact) mass is 240 g/mol. The van der Waals surface area contributed by atoms with E-state index in [1.54, 1.807) is 0 Å². The van der Waals surface area contributed by atoms with Crippen molar-refractivity contribution in [3.63, 3.8) is 0 Å². The number of carbonyl (C=O) groups is 1. The van der Waals surface area contributed by atoms with Gasteiger partial charge in [0.25, 0.3) is 16.0 Å². The summed E-state index contributed by atoms with van der Waals surface area (Å²) in [6.45, 7) is 0.793. The number of hydrogen-bond acceptors (Lipinski definition) is 5. The second-order valence-electron chi connectivity index (χ2n) is 3.07. The summed E-state index contributed by atoms with van der Waals surface area (Å²) in [5.74, 6) is -0.0681. The van der Waals surface area contributed by atoms with Gasteiger partial charge < -0.3 is 0 Å². The van der Waals surface area contributed by atoms with Crippen LogP contribution in [0.2, 0.25) is 0 Å². The van der Waals surface area contributed by atoms with Crippen LogP contribution in [0.3, 0.4) is 0 Å². The van der Waals surface area contributed by atoms with Gasteiger partial charge in [0, 0.05) is 24.6 Å². The first-order chi connectivity index (χ1) is 6.57. The second kappa shape index (κ2) is 3.62. The van der Waals surface area contributed by atoms with E-state index in [2.05, 4.69) is 10.6 Å². The minimum Gasteiger partial charge on any atom is -0.287 e. The number of Topliss-reactive ketones (excluding diaryl/α,β-unsaturated/α-hetero) is 1. The Morgan fingerprint density at radius 2 is 1.50 bits per heavy atom. The lowest BCUT2D eigenvalue weighted by Gasteiger charge is -2.25. The fraction of sp³-hybridized carbons (Fsp3) is 0.857. The Morgan fingerprint density at radius 1 is 1.07 bits per heavy atom. The minimum atomic E-state index is -2.25. The second-order valence-corrected chi connectivity index (χ2v) is 5.59. The highest BCUT2D eigenvalue weighted by molar-refractivity contribution is 8.03. The van der Waals surface area contributed by atoms with Crippen LogP contribution in [-0.4, -0.2) is 40.6 Å². The lowest BCUT2D eigenvalue weighted by atomic mass is 10.3. The molecule has 0 aromatic rings. The molecule has 2 unspecified atom stereocenters. The number of rotatable bonds is 2. The summed E-state index contributed by atoms with van der Waals surface area (Å²) in [4.78, 5) is 11.6. The molecule has 2 saturated heterocycles. The highest BCUT2D eigenvalue weighted by atomic mass is 32.2. The maximum absolute atomic E-state index is 13.8. The smallest absolute Gasteiger partial charge is 0.273 e. The molecule has 3 nitrogen and oxygen atoms in total. The van der Waals surface area contributed by atoms with E-state index in [1.807, 2.05) is 0 Å². The molecule has 2 aliphatic rings. The maximum atomic E-state index is 13.8. The molecule has 2 rings (SSSR count). The largest absolute Gasteiger partial charge is 0.287 e. The standard InChI is InChI=1S/C7H10F2N2OS2/c8-6(10-1-3-13-6)5(12)7(9)11-2-4-14-7/h10-11H,1-4H2. The van der Waals surface area contributed by atoms with E-state index in [0.717, 1.165) is 23.5 Å². The summed E-state index contributed by atoms with van der Waals surface area (Å²) < 4.78 is 27.6. The number of thioether (sulfide) groups is 2. The van der Waals surface area contributed by atoms with Gasteiger partial charge in [-0.2, -0.15) is 0 Å². The predicted molar refractivity (Wildman–Crippen MR) is 53.6 cm³/mol. The van der Waals surface area contributed by atoms with Crippen molar-refractivity contribution in [1.29, 1.82) is 0 Å². The van der Waals surface area contributed by atoms with E-state index in [-0.39, 0.29) is 0 Å². The number of halogens is 2. The molecule has 0 radical (unpaired) electrons. The van der Waals surface area contributed by atoms with Gasteiger partial charge in [0.1, 0.15) is 0 Å². The summed E-state index contributed by atoms with van der Waals surface area (Å²) in [5.41, 5.74) is 0. The number of ketones is 1. The molecule has 2 N–H and O–H groups in total. The van der Waals surface area contributed by atoms with E-state index in [0.29, 0.717) is 24.6 Å². The number of carbonyl (C=O) groups excluding carboxylic acids is 1. The maximum Gasteiger partial charge on any atom is 0.273 e. The fourth-order valence-electron chi connectivity index (χ4n) is 1.41. The average Bonchev–Trinajstić information content (AvgIpc) is 2.75. The van der Waals surface area contributed by atoms with E-state index in [4.69, 9.17) is 0 Å². The third-order valence-electron chi connectivity index (χ3n) is 2.09. The molecule has 2 aliphatic heterocycles. The van der Waals surface area contributed by atoms with E-state index >= 15 is 0 Å². The zero-order chi connectivity index (χ0) is 10.2. The molecule has 2 heterocycles. The van der Waals surface area contributed by atoms with Gasteiger partial charge in [-0.1, -0.05) is 23.5 Å². The van der Waals surface area contributed by atoms with Crippen LogP contribution in [0.1, 0.15) is 0 Å². The molecule has 14 heavy (non-hydrogen) atoms. The van der Waals surface area contributed by atoms with Crippen LogP contribution in [0.25, 0.3) is 0 Å². The van der Waals surface area contributed by atoms with Crippen LogP contribution in [0.15, 0.2) is 0 Å². The van der Waals surface area contributed by atoms with Crippen molar-refractivity contribution in [2.24, 2.45) is 0 Å². The minimum absolute atomic E-state index is 0.396. The molecule has 0 aliphatic carbocycles. The lowest BCUT2D eigenvalue weighted by Crippen LogP contribution is -2.54. The van der Waals surface area contributed by atoms with Crippen LogP contribution in [0, 0.1) is 0 Å². The molecule has 0 saturated carbocycles. The molecule has 0 aromatic carbocycles. The Hall–Kier alpha value is 0.150. The zero-order valence-corrected chi connectivity index (χ0v) is 8.94. The van der Waals surface area contributed by atoms with Crippen molar-refractivity contribution in [1.82, 2.24) is 10.6 Å². The fourth-order valence-corrected chi connectivity index (χ4v) is 3.39. The molecule has 0 amide bonds. The molecular weight excluding hydrogens is 230 g/mol. The highest BCUT2D eigenvalue weighted by Gasteiger charge is 2.55. The normalized spacial score (nSPS) is 43.0. The third kappa shape index (κ3) is 1.66. The Bertz CT molecular complexity index is 228. The number of hydrogen-bond donors (Lipinski definition) is 2. The molecule has 2 fully saturated rings. The molecule has 0 spiro atoms. The lowest BCUT2D eigenvalue weighted by molar-refractivity contribution is -0.134. The van der Waals surface area contributed by atoms with Crippen molar-refractivity contribution < 1.29 is 13.6 Å². The van der Waals surface area contributed by atoms with Gasteiger partial charge >= 0.3 is 0 Å². The molecule has 0 bridgehead atoms. The Balaban J connectivity index is 2.13. The first-order valence-corrected chi connectivity index (χ1v) is 6.25. The van der Waals surface area contributed by atoms with Crippen molar-refractivity contribution in [3.8, 4) is 0 Å². The van der Waals surface area contributed by atoms with Gasteiger partial charge in [0.2, 0.25) is 0 Å². The summed E-state index contributed by atoms with van der Waals surface area (Å²) in [7, 11) is 0. The van der Waals surface area contributed by atoms with Gasteiger partial charge in [-0.05, 0) is 0 Å². The Labute approximate surface area is 88.8 Å². The molecule has 7 heteroatoms. The summed E-state index contributed by atoms with van der Waals surface area (Å²) in [6.07, 6.45) is 0. The van der Waals surface area contributed by atoms with Gasteiger partial charge in [-0.25, -0.2) is 8.78 Å². The van der Waals surface area contributed by atoms with Gasteiger partial charge in [0.05, 0.1) is 0 Å². The van der Waals surface area contributed by atoms with Crippen LogP contribution < -0.4 is 10.6 Å². The van der Waals surface area contributed by atoms with E-state index < -0.39 is 16.0 Å². The van der Waals surface area contributed by atoms with Crippen LogP contribution in [-0.2, 0) is 4.79 Å². The first-order valence-electron chi connectivity index (χ1n) is 4.27. The molecule has 0 aromatic heterocycles. The quantitative estimate of drug-likeness (QED) is 0.687. The number of alkyl halides is 2. The summed E-state index contributed by atoms with van der Waals surface area (Å²) in [5, 5.41) is 0.275. The van der Waals surface area contributed by atoms with Crippen molar-refractivity contribution in [2.45, 2.75) is 10.2 Å². The van der Waals surface area contributed by atoms with E-state index in [9.17, 15) is 13.6 Å². The number of nitrogens with one attached hydrogen (secondary N) is 2. The SMILES string of the molecule is O=C(C1(F)NCCS1)C1(F)NCCS1. The topological polar surface area (TPSA) is 41.1 Å². The summed E-state index contributed by atoms with van der Waals surface area (Å²) in [6, 6.07) is 0. The van der Waals surface area contributed by atoms with E-state index in [1.165, 1.54) is 0 Å². The molecule has 2 atom stereocenters. The molecular formula is C7H10F2N2OS2. The third-order valence-corrected chi connectivity index (χ3v) is 4.37. The average molecular weight is 240 g/mol. The van der Waals surface area contributed by atoms with Gasteiger partial charge in [0.15, 0.2) is 0 Å². The zero-order valence-electron chi connectivity index (χ0n) is 7.31. The van der Waals surface area contributed by atoms with Crippen molar-refractivity contribution in [3.05, 3.63) is 0 Å². The van der Waals surface area contributed by atoms with Crippen molar-refractivity contribution >= 4 is 29.3 Å².